The van der Waals surface area contributed by atoms with E-state index in [1.165, 1.54) is 225 Å². The Morgan fingerprint density at radius 1 is 0.275 bits per heavy atom. The first kappa shape index (κ1) is 100. The fourth-order valence-electron chi connectivity index (χ4n) is 12.7. The summed E-state index contributed by atoms with van der Waals surface area (Å²) in [4.78, 5) is 73.1. The van der Waals surface area contributed by atoms with Gasteiger partial charge in [-0.1, -0.05) is 376 Å². The normalized spacial score (nSPS) is 14.5. The van der Waals surface area contributed by atoms with E-state index in [1.54, 1.807) is 0 Å². The summed E-state index contributed by atoms with van der Waals surface area (Å²) in [6, 6.07) is 0. The van der Waals surface area contributed by atoms with Gasteiger partial charge in [-0.25, -0.2) is 9.13 Å². The van der Waals surface area contributed by atoms with Gasteiger partial charge in [0.1, 0.15) is 19.3 Å². The van der Waals surface area contributed by atoms with Crippen LogP contribution in [0.1, 0.15) is 428 Å². The molecule has 17 nitrogen and oxygen atoms in total. The van der Waals surface area contributed by atoms with Gasteiger partial charge in [0, 0.05) is 25.7 Å². The van der Waals surface area contributed by atoms with Gasteiger partial charge in [0.25, 0.3) is 0 Å². The molecule has 0 bridgehead atoms. The molecule has 0 radical (unpaired) electrons. The third kappa shape index (κ3) is 73.6. The van der Waals surface area contributed by atoms with Gasteiger partial charge >= 0.3 is 39.5 Å². The number of rotatable bonds is 80. The van der Waals surface area contributed by atoms with Crippen molar-refractivity contribution in [3.05, 3.63) is 0 Å². The van der Waals surface area contributed by atoms with E-state index in [-0.39, 0.29) is 25.7 Å². The van der Waals surface area contributed by atoms with E-state index < -0.39 is 97.5 Å². The molecule has 606 valence electrons. The van der Waals surface area contributed by atoms with E-state index in [4.69, 9.17) is 37.0 Å². The molecule has 0 aliphatic rings. The second-order valence-electron chi connectivity index (χ2n) is 31.3. The number of carbonyl (C=O) groups is 4. The van der Waals surface area contributed by atoms with Crippen LogP contribution in [0.15, 0.2) is 0 Å². The van der Waals surface area contributed by atoms with Crippen LogP contribution in [-0.4, -0.2) is 96.7 Å². The highest BCUT2D eigenvalue weighted by Gasteiger charge is 2.30. The van der Waals surface area contributed by atoms with Crippen LogP contribution in [0.3, 0.4) is 0 Å². The van der Waals surface area contributed by atoms with Crippen molar-refractivity contribution in [3.8, 4) is 0 Å². The summed E-state index contributed by atoms with van der Waals surface area (Å²) in [6.45, 7) is 14.3. The maximum Gasteiger partial charge on any atom is 0.472 e. The molecule has 0 amide bonds. The van der Waals surface area contributed by atoms with Gasteiger partial charge in [-0.05, 0) is 49.4 Å². The summed E-state index contributed by atoms with van der Waals surface area (Å²) in [5.41, 5.74) is 0. The Morgan fingerprint density at radius 2 is 0.471 bits per heavy atom. The monoisotopic (exact) mass is 1490 g/mol. The molecule has 19 heteroatoms. The lowest BCUT2D eigenvalue weighted by atomic mass is 9.99. The molecule has 0 rings (SSSR count). The molecule has 0 spiro atoms. The lowest BCUT2D eigenvalue weighted by Gasteiger charge is -2.21. The average Bonchev–Trinajstić information content (AvgIpc) is 0.914. The highest BCUT2D eigenvalue weighted by atomic mass is 31.2. The first-order valence-electron chi connectivity index (χ1n) is 42.8. The molecule has 0 aromatic heterocycles. The van der Waals surface area contributed by atoms with Crippen molar-refractivity contribution >= 4 is 39.5 Å². The first-order chi connectivity index (χ1) is 49.2. The van der Waals surface area contributed by atoms with Crippen molar-refractivity contribution in [2.75, 3.05) is 39.6 Å². The predicted molar refractivity (Wildman–Crippen MR) is 418 cm³/mol. The maximum atomic E-state index is 13.1. The summed E-state index contributed by atoms with van der Waals surface area (Å²) < 4.78 is 68.8. The number of aliphatic hydroxyl groups is 1. The zero-order valence-corrected chi connectivity index (χ0v) is 69.0. The second kappa shape index (κ2) is 72.0. The molecule has 0 fully saturated rings. The largest absolute Gasteiger partial charge is 0.472 e. The zero-order valence-electron chi connectivity index (χ0n) is 67.2. The van der Waals surface area contributed by atoms with Gasteiger partial charge < -0.3 is 33.8 Å². The molecule has 0 aromatic rings. The number of hydrogen-bond acceptors (Lipinski definition) is 15. The molecule has 102 heavy (non-hydrogen) atoms. The Hall–Kier alpha value is -1.94. The molecule has 0 aliphatic heterocycles. The van der Waals surface area contributed by atoms with Crippen LogP contribution < -0.4 is 0 Å². The number of aliphatic hydroxyl groups excluding tert-OH is 1. The van der Waals surface area contributed by atoms with Gasteiger partial charge in [-0.15, -0.1) is 0 Å². The molecule has 4 unspecified atom stereocenters. The lowest BCUT2D eigenvalue weighted by Crippen LogP contribution is -2.30. The molecule has 0 heterocycles. The third-order valence-electron chi connectivity index (χ3n) is 20.0. The number of esters is 4. The van der Waals surface area contributed by atoms with E-state index in [0.29, 0.717) is 25.7 Å². The van der Waals surface area contributed by atoms with Crippen LogP contribution in [0, 0.1) is 23.7 Å². The van der Waals surface area contributed by atoms with Gasteiger partial charge in [-0.2, -0.15) is 0 Å². The number of ether oxygens (including phenoxy) is 4. The predicted octanol–water partition coefficient (Wildman–Crippen LogP) is 24.8. The van der Waals surface area contributed by atoms with Crippen LogP contribution in [-0.2, 0) is 65.4 Å². The minimum Gasteiger partial charge on any atom is -0.462 e. The number of unbranched alkanes of at least 4 members (excludes halogenated alkanes) is 44. The zero-order chi connectivity index (χ0) is 75.3. The summed E-state index contributed by atoms with van der Waals surface area (Å²) in [5, 5.41) is 10.7. The molecule has 0 saturated heterocycles. The first-order valence-corrected chi connectivity index (χ1v) is 45.8. The molecule has 0 aromatic carbocycles. The van der Waals surface area contributed by atoms with Crippen LogP contribution in [0.2, 0.25) is 0 Å². The van der Waals surface area contributed by atoms with Crippen molar-refractivity contribution in [2.45, 2.75) is 446 Å². The Balaban J connectivity index is 5.24. The van der Waals surface area contributed by atoms with Gasteiger partial charge in [-0.3, -0.25) is 37.3 Å². The van der Waals surface area contributed by atoms with Crippen molar-refractivity contribution in [1.29, 1.82) is 0 Å². The van der Waals surface area contributed by atoms with E-state index in [0.717, 1.165) is 120 Å². The number of carbonyl (C=O) groups excluding carboxylic acids is 4. The Kier molecular flexibility index (Phi) is 70.6. The SMILES string of the molecule is CCC(C)CCCCCCCCCCCCCCCCC(=O)O[C@H](COC(=O)CCCCCCCCCCCCCCC(C)C)COP(=O)(O)OC[C@@H](O)COP(=O)(O)OC[C@@H](COC(=O)CCCCCCCCC(C)CC)OC(=O)CCCCCCCCCCCCCCCCCCC(C)C. The van der Waals surface area contributed by atoms with Gasteiger partial charge in [0.2, 0.25) is 0 Å². The minimum atomic E-state index is -4.96. The van der Waals surface area contributed by atoms with E-state index in [9.17, 15) is 43.2 Å². The summed E-state index contributed by atoms with van der Waals surface area (Å²) >= 11 is 0. The smallest absolute Gasteiger partial charge is 0.462 e. The van der Waals surface area contributed by atoms with Crippen molar-refractivity contribution in [2.24, 2.45) is 23.7 Å². The molecule has 0 aliphatic carbocycles. The van der Waals surface area contributed by atoms with Crippen LogP contribution >= 0.6 is 15.6 Å². The summed E-state index contributed by atoms with van der Waals surface area (Å²) in [7, 11) is -9.93. The van der Waals surface area contributed by atoms with Crippen LogP contribution in [0.25, 0.3) is 0 Å². The lowest BCUT2D eigenvalue weighted by molar-refractivity contribution is -0.161. The fraction of sp³-hybridized carbons (Fsp3) is 0.952. The number of hydrogen-bond donors (Lipinski definition) is 3. The quantitative estimate of drug-likeness (QED) is 0.0222. The van der Waals surface area contributed by atoms with Gasteiger partial charge in [0.05, 0.1) is 26.4 Å². The van der Waals surface area contributed by atoms with Crippen LogP contribution in [0.5, 0.6) is 0 Å². The van der Waals surface area contributed by atoms with Crippen molar-refractivity contribution < 1.29 is 80.2 Å². The standard InChI is InChI=1S/C83H162O17P2/c1-9-75(7)61-53-45-37-31-25-18-15-16-20-28-34-40-50-58-65-82(87)99-78(69-93-80(85)63-55-47-38-32-26-22-21-24-30-36-44-52-60-74(5)6)71-97-101(89,90)95-67-77(84)68-96-102(91,92)98-72-79(70-94-81(86)64-56-48-42-41-46-54-62-76(8)10-2)100-83(88)66-57-49-39-33-27-19-14-12-11-13-17-23-29-35-43-51-59-73(3)4/h73-79,84H,9-72H2,1-8H3,(H,89,90)(H,91,92)/t75?,76?,77-,78-,79-/m1/s1. The maximum absolute atomic E-state index is 13.1. The number of phosphoric ester groups is 2. The molecule has 3 N–H and O–H groups in total. The topological polar surface area (TPSA) is 237 Å². The number of phosphoric acid groups is 2. The second-order valence-corrected chi connectivity index (χ2v) is 34.2. The molecular weight excluding hydrogens is 1330 g/mol. The molecule has 0 saturated carbocycles. The highest BCUT2D eigenvalue weighted by Crippen LogP contribution is 2.45. The Morgan fingerprint density at radius 3 is 0.696 bits per heavy atom. The fourth-order valence-corrected chi connectivity index (χ4v) is 14.3. The van der Waals surface area contributed by atoms with Crippen molar-refractivity contribution in [1.82, 2.24) is 0 Å². The molecular formula is C83H162O17P2. The van der Waals surface area contributed by atoms with Crippen molar-refractivity contribution in [3.63, 3.8) is 0 Å². The third-order valence-corrected chi connectivity index (χ3v) is 21.9. The van der Waals surface area contributed by atoms with E-state index >= 15 is 0 Å². The Bertz CT molecular complexity index is 1990. The Labute approximate surface area is 626 Å². The highest BCUT2D eigenvalue weighted by molar-refractivity contribution is 7.47. The van der Waals surface area contributed by atoms with Gasteiger partial charge in [0.15, 0.2) is 12.2 Å². The van der Waals surface area contributed by atoms with E-state index in [2.05, 4.69) is 55.4 Å². The summed E-state index contributed by atoms with van der Waals surface area (Å²) in [5.74, 6) is 1.06. The minimum absolute atomic E-state index is 0.107. The summed E-state index contributed by atoms with van der Waals surface area (Å²) in [6.07, 6.45) is 59.6. The van der Waals surface area contributed by atoms with Crippen LogP contribution in [0.4, 0.5) is 0 Å². The molecule has 7 atom stereocenters. The average molecular weight is 1490 g/mol. The van der Waals surface area contributed by atoms with E-state index in [1.807, 2.05) is 0 Å².